The fourth-order valence-corrected chi connectivity index (χ4v) is 2.22. The number of thiocarbonyl (C=S) groups is 1. The van der Waals surface area contributed by atoms with Gasteiger partial charge in [-0.1, -0.05) is 24.4 Å². The molecular weight excluding hydrogens is 287 g/mol. The van der Waals surface area contributed by atoms with Crippen molar-refractivity contribution >= 4 is 22.9 Å². The Morgan fingerprint density at radius 1 is 1.24 bits per heavy atom. The molecule has 21 heavy (non-hydrogen) atoms. The number of nitrogens with one attached hydrogen (secondary N) is 1. The van der Waals surface area contributed by atoms with E-state index in [0.717, 1.165) is 11.3 Å². The average Bonchev–Trinajstić information content (AvgIpc) is 2.49. The minimum absolute atomic E-state index is 0.0227. The topological polar surface area (TPSA) is 47.3 Å². The van der Waals surface area contributed by atoms with Crippen molar-refractivity contribution in [1.29, 1.82) is 0 Å². The minimum atomic E-state index is -0.361. The number of anilines is 1. The van der Waals surface area contributed by atoms with E-state index in [-0.39, 0.29) is 16.8 Å². The molecule has 1 unspecified atom stereocenters. The van der Waals surface area contributed by atoms with Crippen LogP contribution in [0, 0.1) is 5.82 Å². The maximum atomic E-state index is 13.3. The van der Waals surface area contributed by atoms with E-state index >= 15 is 0 Å². The van der Waals surface area contributed by atoms with E-state index in [1.54, 1.807) is 13.2 Å². The van der Waals surface area contributed by atoms with Gasteiger partial charge in [-0.25, -0.2) is 4.39 Å². The zero-order valence-electron chi connectivity index (χ0n) is 11.9. The lowest BCUT2D eigenvalue weighted by Gasteiger charge is -2.18. The summed E-state index contributed by atoms with van der Waals surface area (Å²) in [6, 6.07) is 12.1. The van der Waals surface area contributed by atoms with E-state index in [2.05, 4.69) is 5.32 Å². The highest BCUT2D eigenvalue weighted by Crippen LogP contribution is 2.24. The largest absolute Gasteiger partial charge is 0.497 e. The number of halogens is 1. The third-order valence-corrected chi connectivity index (χ3v) is 3.45. The van der Waals surface area contributed by atoms with Crippen molar-refractivity contribution in [2.24, 2.45) is 5.73 Å². The van der Waals surface area contributed by atoms with Gasteiger partial charge < -0.3 is 15.8 Å². The Balaban J connectivity index is 2.22. The maximum Gasteiger partial charge on any atom is 0.124 e. The molecule has 0 aromatic heterocycles. The van der Waals surface area contributed by atoms with E-state index in [4.69, 9.17) is 22.7 Å². The SMILES string of the molecule is COc1ccc(C(C)Nc2ccc(F)cc2C(N)=S)cc1. The standard InChI is InChI=1S/C16H17FN2OS/c1-10(11-3-6-13(20-2)7-4-11)19-15-8-5-12(17)9-14(15)16(18)21/h3-10,19H,1-2H3,(H2,18,21). The highest BCUT2D eigenvalue weighted by molar-refractivity contribution is 7.80. The van der Waals surface area contributed by atoms with E-state index in [1.807, 2.05) is 31.2 Å². The van der Waals surface area contributed by atoms with Crippen molar-refractivity contribution in [2.45, 2.75) is 13.0 Å². The van der Waals surface area contributed by atoms with Crippen LogP contribution in [0.25, 0.3) is 0 Å². The lowest BCUT2D eigenvalue weighted by molar-refractivity contribution is 0.414. The van der Waals surface area contributed by atoms with Crippen molar-refractivity contribution < 1.29 is 9.13 Å². The molecule has 2 aromatic carbocycles. The molecule has 2 aromatic rings. The lowest BCUT2D eigenvalue weighted by atomic mass is 10.1. The van der Waals surface area contributed by atoms with Gasteiger partial charge in [0, 0.05) is 17.3 Å². The van der Waals surface area contributed by atoms with Crippen molar-refractivity contribution in [2.75, 3.05) is 12.4 Å². The summed E-state index contributed by atoms with van der Waals surface area (Å²) in [7, 11) is 1.63. The van der Waals surface area contributed by atoms with Gasteiger partial charge in [0.15, 0.2) is 0 Å². The maximum absolute atomic E-state index is 13.3. The number of nitrogens with two attached hydrogens (primary N) is 1. The Hall–Kier alpha value is -2.14. The van der Waals surface area contributed by atoms with E-state index in [1.165, 1.54) is 12.1 Å². The molecule has 0 aliphatic heterocycles. The third kappa shape index (κ3) is 3.70. The summed E-state index contributed by atoms with van der Waals surface area (Å²) in [5, 5.41) is 3.30. The van der Waals surface area contributed by atoms with Gasteiger partial charge in [0.25, 0.3) is 0 Å². The van der Waals surface area contributed by atoms with Crippen LogP contribution in [0.3, 0.4) is 0 Å². The first kappa shape index (κ1) is 15.3. The van der Waals surface area contributed by atoms with Crippen LogP contribution >= 0.6 is 12.2 Å². The molecule has 0 fully saturated rings. The lowest BCUT2D eigenvalue weighted by Crippen LogP contribution is -2.15. The number of methoxy groups -OCH3 is 1. The predicted octanol–water partition coefficient (Wildman–Crippen LogP) is 3.64. The van der Waals surface area contributed by atoms with Crippen molar-refractivity contribution in [3.63, 3.8) is 0 Å². The summed E-state index contributed by atoms with van der Waals surface area (Å²) in [4.78, 5) is 0.166. The molecule has 0 radical (unpaired) electrons. The van der Waals surface area contributed by atoms with Crippen LogP contribution in [-0.2, 0) is 0 Å². The smallest absolute Gasteiger partial charge is 0.124 e. The summed E-state index contributed by atoms with van der Waals surface area (Å²) < 4.78 is 18.4. The van der Waals surface area contributed by atoms with Crippen LogP contribution in [0.4, 0.5) is 10.1 Å². The molecular formula is C16H17FN2OS. The van der Waals surface area contributed by atoms with Gasteiger partial charge in [0.05, 0.1) is 7.11 Å². The summed E-state index contributed by atoms with van der Waals surface area (Å²) >= 11 is 4.97. The summed E-state index contributed by atoms with van der Waals surface area (Å²) in [6.45, 7) is 2.01. The monoisotopic (exact) mass is 304 g/mol. The van der Waals surface area contributed by atoms with Gasteiger partial charge in [-0.2, -0.15) is 0 Å². The molecule has 3 N–H and O–H groups in total. The zero-order chi connectivity index (χ0) is 15.4. The van der Waals surface area contributed by atoms with Gasteiger partial charge in [-0.15, -0.1) is 0 Å². The quantitative estimate of drug-likeness (QED) is 0.828. The van der Waals surface area contributed by atoms with Gasteiger partial charge in [0.1, 0.15) is 16.6 Å². The molecule has 0 amide bonds. The summed E-state index contributed by atoms with van der Waals surface area (Å²) in [5.41, 5.74) is 7.94. The summed E-state index contributed by atoms with van der Waals surface area (Å²) in [6.07, 6.45) is 0. The first-order valence-electron chi connectivity index (χ1n) is 6.51. The fourth-order valence-electron chi connectivity index (χ4n) is 2.06. The highest BCUT2D eigenvalue weighted by Gasteiger charge is 2.11. The number of rotatable bonds is 5. The Morgan fingerprint density at radius 2 is 1.90 bits per heavy atom. The summed E-state index contributed by atoms with van der Waals surface area (Å²) in [5.74, 6) is 0.442. The highest BCUT2D eigenvalue weighted by atomic mass is 32.1. The molecule has 0 saturated heterocycles. The normalized spacial score (nSPS) is 11.8. The Bertz CT molecular complexity index is 643. The van der Waals surface area contributed by atoms with Crippen molar-refractivity contribution in [3.05, 3.63) is 59.4 Å². The predicted molar refractivity (Wildman–Crippen MR) is 87.3 cm³/mol. The number of hydrogen-bond donors (Lipinski definition) is 2. The minimum Gasteiger partial charge on any atom is -0.497 e. The second-order valence-electron chi connectivity index (χ2n) is 4.69. The van der Waals surface area contributed by atoms with E-state index < -0.39 is 0 Å². The molecule has 0 heterocycles. The van der Waals surface area contributed by atoms with Gasteiger partial charge in [-0.05, 0) is 42.8 Å². The van der Waals surface area contributed by atoms with Crippen LogP contribution in [0.15, 0.2) is 42.5 Å². The van der Waals surface area contributed by atoms with Crippen LogP contribution < -0.4 is 15.8 Å². The Kier molecular flexibility index (Phi) is 4.75. The molecule has 0 saturated carbocycles. The molecule has 0 aliphatic rings. The third-order valence-electron chi connectivity index (χ3n) is 3.23. The molecule has 0 aliphatic carbocycles. The van der Waals surface area contributed by atoms with Crippen molar-refractivity contribution in [3.8, 4) is 5.75 Å². The van der Waals surface area contributed by atoms with Crippen LogP contribution in [0.1, 0.15) is 24.1 Å². The van der Waals surface area contributed by atoms with E-state index in [9.17, 15) is 4.39 Å². The Labute approximate surface area is 128 Å². The molecule has 2 rings (SSSR count). The van der Waals surface area contributed by atoms with Crippen LogP contribution in [-0.4, -0.2) is 12.1 Å². The first-order valence-corrected chi connectivity index (χ1v) is 6.92. The second-order valence-corrected chi connectivity index (χ2v) is 5.13. The fraction of sp³-hybridized carbons (Fsp3) is 0.188. The van der Waals surface area contributed by atoms with Crippen LogP contribution in [0.5, 0.6) is 5.75 Å². The van der Waals surface area contributed by atoms with Crippen molar-refractivity contribution in [1.82, 2.24) is 0 Å². The van der Waals surface area contributed by atoms with Crippen LogP contribution in [0.2, 0.25) is 0 Å². The molecule has 0 bridgehead atoms. The first-order chi connectivity index (χ1) is 10.0. The molecule has 0 spiro atoms. The van der Waals surface area contributed by atoms with Gasteiger partial charge in [-0.3, -0.25) is 0 Å². The number of benzene rings is 2. The Morgan fingerprint density at radius 3 is 2.48 bits per heavy atom. The average molecular weight is 304 g/mol. The van der Waals surface area contributed by atoms with E-state index in [0.29, 0.717) is 11.3 Å². The van der Waals surface area contributed by atoms with Gasteiger partial charge >= 0.3 is 0 Å². The second kappa shape index (κ2) is 6.54. The molecule has 110 valence electrons. The number of hydrogen-bond acceptors (Lipinski definition) is 3. The zero-order valence-corrected chi connectivity index (χ0v) is 12.7. The number of ether oxygens (including phenoxy) is 1. The molecule has 1 atom stereocenters. The molecule has 3 nitrogen and oxygen atoms in total. The molecule has 5 heteroatoms. The van der Waals surface area contributed by atoms with Gasteiger partial charge in [0.2, 0.25) is 0 Å².